The lowest BCUT2D eigenvalue weighted by Crippen LogP contribution is -2.45. The Morgan fingerprint density at radius 2 is 2.03 bits per heavy atom. The van der Waals surface area contributed by atoms with Crippen LogP contribution in [0.15, 0.2) is 42.5 Å². The third-order valence-electron chi connectivity index (χ3n) is 7.12. The largest absolute Gasteiger partial charge is 0.495 e. The van der Waals surface area contributed by atoms with Crippen LogP contribution in [-0.2, 0) is 16.1 Å². The number of piperidine rings is 1. The van der Waals surface area contributed by atoms with E-state index < -0.39 is 12.1 Å². The molecule has 3 amide bonds. The molecule has 10 heteroatoms. The maximum Gasteiger partial charge on any atom is 0.319 e. The average Bonchev–Trinajstić information content (AvgIpc) is 3.31. The number of carbonyl (C=O) groups excluding carboxylic acids is 2. The molecule has 1 aliphatic heterocycles. The molecule has 2 heterocycles. The number of hydrogen-bond donors (Lipinski definition) is 3. The van der Waals surface area contributed by atoms with Gasteiger partial charge in [-0.3, -0.25) is 4.79 Å². The number of imidazole rings is 1. The number of nitrogens with two attached hydrogens (primary N) is 1. The number of fused-ring (bicyclic) bond motifs is 1. The lowest BCUT2D eigenvalue weighted by Gasteiger charge is -2.33. The summed E-state index contributed by atoms with van der Waals surface area (Å²) in [6.45, 7) is 4.93. The molecule has 1 aromatic heterocycles. The molecule has 1 fully saturated rings. The molecule has 0 aliphatic carbocycles. The molecule has 4 rings (SSSR count). The van der Waals surface area contributed by atoms with Crippen molar-refractivity contribution in [2.45, 2.75) is 51.1 Å². The zero-order valence-electron chi connectivity index (χ0n) is 23.1. The number of nitrogens with zero attached hydrogens (tertiary/aromatic N) is 3. The Hall–Kier alpha value is -3.63. The number of methoxy groups -OCH3 is 2. The molecular formula is C29H40N6O4. The summed E-state index contributed by atoms with van der Waals surface area (Å²) in [5.41, 5.74) is 9.91. The van der Waals surface area contributed by atoms with Crippen molar-refractivity contribution in [1.82, 2.24) is 19.8 Å². The summed E-state index contributed by atoms with van der Waals surface area (Å²) in [5, 5.41) is 5.56. The van der Waals surface area contributed by atoms with Gasteiger partial charge in [0.05, 0.1) is 23.8 Å². The van der Waals surface area contributed by atoms with Gasteiger partial charge in [0.1, 0.15) is 11.6 Å². The highest BCUT2D eigenvalue weighted by Crippen LogP contribution is 2.30. The second-order valence-electron chi connectivity index (χ2n) is 10.1. The van der Waals surface area contributed by atoms with Crippen LogP contribution in [0.3, 0.4) is 0 Å². The number of aryl methyl sites for hydroxylation is 2. The van der Waals surface area contributed by atoms with Gasteiger partial charge in [-0.1, -0.05) is 18.2 Å². The first kappa shape index (κ1) is 28.4. The van der Waals surface area contributed by atoms with Crippen molar-refractivity contribution in [3.05, 3.63) is 53.9 Å². The van der Waals surface area contributed by atoms with Gasteiger partial charge in [0, 0.05) is 58.3 Å². The normalized spacial score (nSPS) is 16.2. The predicted octanol–water partition coefficient (Wildman–Crippen LogP) is 3.63. The van der Waals surface area contributed by atoms with E-state index in [1.54, 1.807) is 20.3 Å². The third kappa shape index (κ3) is 7.27. The summed E-state index contributed by atoms with van der Waals surface area (Å²) < 4.78 is 12.9. The number of para-hydroxylation sites is 2. The van der Waals surface area contributed by atoms with Crippen LogP contribution in [0.2, 0.25) is 0 Å². The molecule has 10 nitrogen and oxygen atoms in total. The number of carbonyl (C=O) groups is 2. The highest BCUT2D eigenvalue weighted by molar-refractivity contribution is 5.91. The van der Waals surface area contributed by atoms with Crippen molar-refractivity contribution in [2.24, 2.45) is 5.73 Å². The minimum absolute atomic E-state index is 0.00296. The van der Waals surface area contributed by atoms with Crippen molar-refractivity contribution >= 4 is 28.7 Å². The van der Waals surface area contributed by atoms with Crippen molar-refractivity contribution < 1.29 is 19.1 Å². The van der Waals surface area contributed by atoms with Crippen LogP contribution in [0.5, 0.6) is 5.75 Å². The molecule has 2 aromatic carbocycles. The van der Waals surface area contributed by atoms with E-state index in [1.165, 1.54) is 0 Å². The summed E-state index contributed by atoms with van der Waals surface area (Å²) in [6.07, 6.45) is 2.94. The number of hydrogen-bond acceptors (Lipinski definition) is 6. The van der Waals surface area contributed by atoms with Crippen LogP contribution in [0.4, 0.5) is 10.5 Å². The Labute approximate surface area is 229 Å². The van der Waals surface area contributed by atoms with Crippen LogP contribution in [0.1, 0.15) is 43.0 Å². The number of ether oxygens (including phenoxy) is 2. The van der Waals surface area contributed by atoms with E-state index in [0.29, 0.717) is 31.1 Å². The van der Waals surface area contributed by atoms with Gasteiger partial charge >= 0.3 is 6.03 Å². The molecule has 0 radical (unpaired) electrons. The van der Waals surface area contributed by atoms with E-state index in [1.807, 2.05) is 42.2 Å². The van der Waals surface area contributed by atoms with Gasteiger partial charge in [-0.05, 0) is 56.0 Å². The molecule has 0 bridgehead atoms. The maximum absolute atomic E-state index is 13.2. The van der Waals surface area contributed by atoms with Crippen LogP contribution in [0.25, 0.3) is 11.0 Å². The van der Waals surface area contributed by atoms with Gasteiger partial charge in [-0.2, -0.15) is 0 Å². The summed E-state index contributed by atoms with van der Waals surface area (Å²) in [6, 6.07) is 12.8. The van der Waals surface area contributed by atoms with Gasteiger partial charge in [-0.25, -0.2) is 9.78 Å². The lowest BCUT2D eigenvalue weighted by atomic mass is 9.96. The molecule has 0 spiro atoms. The first-order valence-corrected chi connectivity index (χ1v) is 13.6. The Balaban J connectivity index is 1.33. The van der Waals surface area contributed by atoms with Crippen molar-refractivity contribution in [3.8, 4) is 5.75 Å². The molecule has 39 heavy (non-hydrogen) atoms. The van der Waals surface area contributed by atoms with Gasteiger partial charge in [0.25, 0.3) is 0 Å². The summed E-state index contributed by atoms with van der Waals surface area (Å²) in [7, 11) is 3.27. The zero-order chi connectivity index (χ0) is 27.8. The molecule has 2 atom stereocenters. The summed E-state index contributed by atoms with van der Waals surface area (Å²) >= 11 is 0. The molecule has 1 saturated heterocycles. The van der Waals surface area contributed by atoms with E-state index in [9.17, 15) is 9.59 Å². The number of amides is 3. The first-order chi connectivity index (χ1) is 18.9. The van der Waals surface area contributed by atoms with Gasteiger partial charge in [0.15, 0.2) is 0 Å². The van der Waals surface area contributed by atoms with Gasteiger partial charge in [-0.15, -0.1) is 0 Å². The highest BCUT2D eigenvalue weighted by atomic mass is 16.5. The minimum Gasteiger partial charge on any atom is -0.495 e. The molecular weight excluding hydrogens is 496 g/mol. The molecule has 4 N–H and O–H groups in total. The smallest absolute Gasteiger partial charge is 0.319 e. The third-order valence-corrected chi connectivity index (χ3v) is 7.12. The first-order valence-electron chi connectivity index (χ1n) is 13.6. The van der Waals surface area contributed by atoms with E-state index in [2.05, 4.69) is 21.3 Å². The summed E-state index contributed by atoms with van der Waals surface area (Å²) in [4.78, 5) is 32.5. The Bertz CT molecular complexity index is 1280. The highest BCUT2D eigenvalue weighted by Gasteiger charge is 2.29. The monoisotopic (exact) mass is 536 g/mol. The van der Waals surface area contributed by atoms with Crippen molar-refractivity contribution in [2.75, 3.05) is 45.8 Å². The zero-order valence-corrected chi connectivity index (χ0v) is 23.1. The molecule has 1 aliphatic rings. The number of benzene rings is 2. The number of urea groups is 1. The van der Waals surface area contributed by atoms with E-state index in [4.69, 9.17) is 20.2 Å². The van der Waals surface area contributed by atoms with Crippen LogP contribution in [0, 0.1) is 6.92 Å². The van der Waals surface area contributed by atoms with Crippen LogP contribution < -0.4 is 21.1 Å². The molecule has 0 unspecified atom stereocenters. The second kappa shape index (κ2) is 13.4. The maximum atomic E-state index is 13.2. The van der Waals surface area contributed by atoms with Crippen LogP contribution in [-0.4, -0.2) is 72.9 Å². The fraction of sp³-hybridized carbons (Fsp3) is 0.483. The van der Waals surface area contributed by atoms with Crippen LogP contribution >= 0.6 is 0 Å². The lowest BCUT2D eigenvalue weighted by molar-refractivity contribution is -0.132. The fourth-order valence-corrected chi connectivity index (χ4v) is 5.16. The number of likely N-dealkylation sites (tertiary alicyclic amines) is 1. The second-order valence-corrected chi connectivity index (χ2v) is 10.1. The molecule has 3 aromatic rings. The fourth-order valence-electron chi connectivity index (χ4n) is 5.16. The minimum atomic E-state index is -0.498. The van der Waals surface area contributed by atoms with E-state index in [0.717, 1.165) is 48.2 Å². The topological polar surface area (TPSA) is 124 Å². The molecule has 0 saturated carbocycles. The van der Waals surface area contributed by atoms with Crippen molar-refractivity contribution in [3.63, 3.8) is 0 Å². The SMILES string of the molecule is COCCCn1c([C@@H]2CCCN(C(=O)C[C@@H](N)CNC(=O)Nc3cc(C)ccc3OC)C2)nc2ccccc21. The standard InChI is InChI=1S/C29H40N6O4/c1-20-11-12-26(39-3)24(16-20)33-29(37)31-18-22(30)17-27(36)34-13-6-8-21(19-34)28-32-23-9-4-5-10-25(23)35(28)14-7-15-38-2/h4-5,9-12,16,21-22H,6-8,13-15,17-19,30H2,1-3H3,(H2,31,33,37)/t21-,22-/m1/s1. The quantitative estimate of drug-likeness (QED) is 0.322. The Morgan fingerprint density at radius 3 is 2.82 bits per heavy atom. The number of nitrogens with one attached hydrogen (secondary N) is 2. The Kier molecular flexibility index (Phi) is 9.78. The number of anilines is 1. The average molecular weight is 537 g/mol. The summed E-state index contributed by atoms with van der Waals surface area (Å²) in [5.74, 6) is 1.75. The number of rotatable bonds is 11. The van der Waals surface area contributed by atoms with Crippen molar-refractivity contribution in [1.29, 1.82) is 0 Å². The van der Waals surface area contributed by atoms with Gasteiger partial charge < -0.3 is 35.3 Å². The number of aromatic nitrogens is 2. The van der Waals surface area contributed by atoms with E-state index >= 15 is 0 Å². The predicted molar refractivity (Wildman–Crippen MR) is 152 cm³/mol. The molecule has 210 valence electrons. The van der Waals surface area contributed by atoms with Gasteiger partial charge in [0.2, 0.25) is 5.91 Å². The van der Waals surface area contributed by atoms with E-state index in [-0.39, 0.29) is 24.8 Å². The Morgan fingerprint density at radius 1 is 1.21 bits per heavy atom.